The largest absolute Gasteiger partial charge is 0.309 e. The molecule has 0 saturated carbocycles. The Bertz CT molecular complexity index is 531. The first kappa shape index (κ1) is 14.8. The van der Waals surface area contributed by atoms with Crippen LogP contribution in [0.15, 0.2) is 36.5 Å². The molecule has 0 spiro atoms. The topological polar surface area (TPSA) is 29.9 Å². The molecule has 0 saturated heterocycles. The lowest BCUT2D eigenvalue weighted by Gasteiger charge is -2.16. The molecule has 2 rings (SSSR count). The summed E-state index contributed by atoms with van der Waals surface area (Å²) in [5.41, 5.74) is 3.89. The number of rotatable bonds is 7. The van der Waals surface area contributed by atoms with Gasteiger partial charge in [-0.1, -0.05) is 36.8 Å². The maximum Gasteiger partial charge on any atom is 0.0793 e. The summed E-state index contributed by atoms with van der Waals surface area (Å²) < 4.78 is 1.88. The molecule has 0 aliphatic rings. The minimum absolute atomic E-state index is 0.344. The lowest BCUT2D eigenvalue weighted by atomic mass is 10.0. The Morgan fingerprint density at radius 1 is 1.30 bits per heavy atom. The van der Waals surface area contributed by atoms with Crippen LogP contribution in [0.3, 0.4) is 0 Å². The third-order valence-electron chi connectivity index (χ3n) is 3.54. The molecule has 1 N–H and O–H groups in total. The van der Waals surface area contributed by atoms with Crippen molar-refractivity contribution in [2.75, 3.05) is 6.54 Å². The Morgan fingerprint density at radius 2 is 2.15 bits per heavy atom. The molecule has 1 heterocycles. The molecule has 1 aromatic carbocycles. The summed E-state index contributed by atoms with van der Waals surface area (Å²) in [5, 5.41) is 8.16. The number of benzene rings is 1. The summed E-state index contributed by atoms with van der Waals surface area (Å²) in [5.74, 6) is 0. The van der Waals surface area contributed by atoms with Gasteiger partial charge in [-0.3, -0.25) is 4.68 Å². The van der Waals surface area contributed by atoms with Crippen LogP contribution in [0.25, 0.3) is 0 Å². The first-order valence-electron chi connectivity index (χ1n) is 7.47. The predicted molar refractivity (Wildman–Crippen MR) is 83.7 cm³/mol. The number of aryl methyl sites for hydroxylation is 3. The molecular formula is C17H25N3. The van der Waals surface area contributed by atoms with Gasteiger partial charge < -0.3 is 5.32 Å². The van der Waals surface area contributed by atoms with Crippen molar-refractivity contribution in [3.8, 4) is 0 Å². The smallest absolute Gasteiger partial charge is 0.0793 e. The van der Waals surface area contributed by atoms with Gasteiger partial charge in [0.25, 0.3) is 0 Å². The van der Waals surface area contributed by atoms with Crippen molar-refractivity contribution >= 4 is 0 Å². The van der Waals surface area contributed by atoms with Crippen molar-refractivity contribution in [3.05, 3.63) is 53.3 Å². The molecule has 20 heavy (non-hydrogen) atoms. The Labute approximate surface area is 122 Å². The van der Waals surface area contributed by atoms with Gasteiger partial charge >= 0.3 is 0 Å². The van der Waals surface area contributed by atoms with Crippen molar-refractivity contribution in [2.24, 2.45) is 7.05 Å². The molecule has 0 radical (unpaired) electrons. The second-order valence-electron chi connectivity index (χ2n) is 5.45. The molecule has 1 atom stereocenters. The van der Waals surface area contributed by atoms with Crippen LogP contribution in [0, 0.1) is 6.92 Å². The van der Waals surface area contributed by atoms with Crippen LogP contribution in [-0.2, 0) is 13.5 Å². The minimum atomic E-state index is 0.344. The van der Waals surface area contributed by atoms with E-state index in [2.05, 4.69) is 54.6 Å². The summed E-state index contributed by atoms with van der Waals surface area (Å²) in [6.07, 6.45) is 5.33. The summed E-state index contributed by atoms with van der Waals surface area (Å²) in [4.78, 5) is 0. The molecule has 1 aromatic heterocycles. The van der Waals surface area contributed by atoms with Crippen molar-refractivity contribution in [3.63, 3.8) is 0 Å². The summed E-state index contributed by atoms with van der Waals surface area (Å²) >= 11 is 0. The zero-order valence-corrected chi connectivity index (χ0v) is 12.8. The average Bonchev–Trinajstić information content (AvgIpc) is 2.85. The summed E-state index contributed by atoms with van der Waals surface area (Å²) in [6.45, 7) is 5.38. The van der Waals surface area contributed by atoms with Gasteiger partial charge in [-0.05, 0) is 44.4 Å². The fourth-order valence-electron chi connectivity index (χ4n) is 2.47. The van der Waals surface area contributed by atoms with E-state index in [4.69, 9.17) is 0 Å². The molecule has 0 fully saturated rings. The van der Waals surface area contributed by atoms with Crippen LogP contribution in [0.4, 0.5) is 0 Å². The van der Waals surface area contributed by atoms with E-state index in [-0.39, 0.29) is 0 Å². The van der Waals surface area contributed by atoms with E-state index in [1.54, 1.807) is 0 Å². The molecule has 3 heteroatoms. The van der Waals surface area contributed by atoms with Crippen molar-refractivity contribution in [1.29, 1.82) is 0 Å². The Morgan fingerprint density at radius 3 is 2.80 bits per heavy atom. The Hall–Kier alpha value is -1.61. The molecule has 108 valence electrons. The molecule has 0 aliphatic carbocycles. The van der Waals surface area contributed by atoms with Crippen molar-refractivity contribution < 1.29 is 0 Å². The quantitative estimate of drug-likeness (QED) is 0.836. The van der Waals surface area contributed by atoms with E-state index in [1.165, 1.54) is 11.1 Å². The maximum absolute atomic E-state index is 4.55. The third kappa shape index (κ3) is 4.20. The van der Waals surface area contributed by atoms with E-state index < -0.39 is 0 Å². The second kappa shape index (κ2) is 7.25. The Balaban J connectivity index is 2.00. The SMILES string of the molecule is CCCNC(CCc1cccc(C)c1)c1ccn(C)n1. The number of hydrogen-bond donors (Lipinski definition) is 1. The van der Waals surface area contributed by atoms with Gasteiger partial charge in [0, 0.05) is 13.2 Å². The highest BCUT2D eigenvalue weighted by molar-refractivity contribution is 5.22. The fraction of sp³-hybridized carbons (Fsp3) is 0.471. The molecule has 0 bridgehead atoms. The van der Waals surface area contributed by atoms with Gasteiger partial charge in [0.15, 0.2) is 0 Å². The van der Waals surface area contributed by atoms with Crippen molar-refractivity contribution in [2.45, 2.75) is 39.2 Å². The molecule has 1 unspecified atom stereocenters. The van der Waals surface area contributed by atoms with Crippen LogP contribution >= 0.6 is 0 Å². The van der Waals surface area contributed by atoms with Gasteiger partial charge in [-0.25, -0.2) is 0 Å². The van der Waals surface area contributed by atoms with E-state index in [0.717, 1.165) is 31.5 Å². The van der Waals surface area contributed by atoms with Gasteiger partial charge in [-0.2, -0.15) is 5.10 Å². The molecule has 0 aliphatic heterocycles. The zero-order chi connectivity index (χ0) is 14.4. The number of hydrogen-bond acceptors (Lipinski definition) is 2. The normalized spacial score (nSPS) is 12.6. The highest BCUT2D eigenvalue weighted by Crippen LogP contribution is 2.18. The number of nitrogens with one attached hydrogen (secondary N) is 1. The first-order valence-corrected chi connectivity index (χ1v) is 7.47. The number of nitrogens with zero attached hydrogens (tertiary/aromatic N) is 2. The van der Waals surface area contributed by atoms with Crippen LogP contribution in [0.1, 0.15) is 42.6 Å². The fourth-order valence-corrected chi connectivity index (χ4v) is 2.47. The lowest BCUT2D eigenvalue weighted by Crippen LogP contribution is -2.23. The minimum Gasteiger partial charge on any atom is -0.309 e. The first-order chi connectivity index (χ1) is 9.69. The average molecular weight is 271 g/mol. The van der Waals surface area contributed by atoms with Gasteiger partial charge in [0.05, 0.1) is 11.7 Å². The van der Waals surface area contributed by atoms with Crippen LogP contribution in [0.2, 0.25) is 0 Å². The lowest BCUT2D eigenvalue weighted by molar-refractivity contribution is 0.483. The van der Waals surface area contributed by atoms with Crippen LogP contribution in [0.5, 0.6) is 0 Å². The highest BCUT2D eigenvalue weighted by atomic mass is 15.3. The summed E-state index contributed by atoms with van der Waals surface area (Å²) in [7, 11) is 1.97. The van der Waals surface area contributed by atoms with E-state index in [9.17, 15) is 0 Å². The van der Waals surface area contributed by atoms with Gasteiger partial charge in [0.2, 0.25) is 0 Å². The zero-order valence-electron chi connectivity index (χ0n) is 12.8. The monoisotopic (exact) mass is 271 g/mol. The van der Waals surface area contributed by atoms with E-state index in [1.807, 2.05) is 17.9 Å². The maximum atomic E-state index is 4.55. The second-order valence-corrected chi connectivity index (χ2v) is 5.45. The molecular weight excluding hydrogens is 246 g/mol. The van der Waals surface area contributed by atoms with Gasteiger partial charge in [-0.15, -0.1) is 0 Å². The molecule has 3 nitrogen and oxygen atoms in total. The Kier molecular flexibility index (Phi) is 5.36. The van der Waals surface area contributed by atoms with Crippen molar-refractivity contribution in [1.82, 2.24) is 15.1 Å². The van der Waals surface area contributed by atoms with E-state index in [0.29, 0.717) is 6.04 Å². The number of aromatic nitrogens is 2. The third-order valence-corrected chi connectivity index (χ3v) is 3.54. The molecule has 2 aromatic rings. The highest BCUT2D eigenvalue weighted by Gasteiger charge is 2.13. The van der Waals surface area contributed by atoms with Crippen LogP contribution < -0.4 is 5.32 Å². The predicted octanol–water partition coefficient (Wildman–Crippen LogP) is 3.40. The van der Waals surface area contributed by atoms with Gasteiger partial charge in [0.1, 0.15) is 0 Å². The van der Waals surface area contributed by atoms with Crippen LogP contribution in [-0.4, -0.2) is 16.3 Å². The standard InChI is InChI=1S/C17H25N3/c1-4-11-18-16(17-10-12-20(3)19-17)9-8-15-7-5-6-14(2)13-15/h5-7,10,12-13,16,18H,4,8-9,11H2,1-3H3. The molecule has 0 amide bonds. The van der Waals surface area contributed by atoms with E-state index >= 15 is 0 Å². The summed E-state index contributed by atoms with van der Waals surface area (Å²) in [6, 6.07) is 11.2.